The summed E-state index contributed by atoms with van der Waals surface area (Å²) in [5.74, 6) is 0.285. The molecular formula is C10H14BrNO. The Labute approximate surface area is 87.1 Å². The van der Waals surface area contributed by atoms with E-state index in [9.17, 15) is 5.11 Å². The zero-order valence-electron chi connectivity index (χ0n) is 7.84. The molecule has 0 heterocycles. The number of nitrogens with one attached hydrogen (secondary N) is 1. The van der Waals surface area contributed by atoms with Crippen molar-refractivity contribution in [1.82, 2.24) is 5.32 Å². The van der Waals surface area contributed by atoms with Crippen LogP contribution >= 0.6 is 15.9 Å². The molecule has 0 aliphatic rings. The fourth-order valence-corrected chi connectivity index (χ4v) is 1.61. The van der Waals surface area contributed by atoms with E-state index in [0.29, 0.717) is 6.04 Å². The Morgan fingerprint density at radius 2 is 2.23 bits per heavy atom. The van der Waals surface area contributed by atoms with E-state index < -0.39 is 0 Å². The third kappa shape index (κ3) is 2.71. The lowest BCUT2D eigenvalue weighted by molar-refractivity contribution is 0.471. The van der Waals surface area contributed by atoms with Gasteiger partial charge in [-0.1, -0.05) is 13.0 Å². The maximum Gasteiger partial charge on any atom is 0.129 e. The molecule has 1 unspecified atom stereocenters. The van der Waals surface area contributed by atoms with Crippen LogP contribution in [0.3, 0.4) is 0 Å². The number of phenols is 1. The van der Waals surface area contributed by atoms with Crippen molar-refractivity contribution in [1.29, 1.82) is 0 Å². The van der Waals surface area contributed by atoms with Crippen molar-refractivity contribution >= 4 is 15.9 Å². The van der Waals surface area contributed by atoms with Crippen molar-refractivity contribution in [2.75, 3.05) is 6.54 Å². The predicted molar refractivity (Wildman–Crippen MR) is 57.9 cm³/mol. The number of benzene rings is 1. The first kappa shape index (κ1) is 10.5. The molecule has 0 saturated heterocycles. The highest BCUT2D eigenvalue weighted by Gasteiger charge is 2.05. The Balaban J connectivity index is 2.84. The Kier molecular flexibility index (Phi) is 3.75. The number of aromatic hydroxyl groups is 1. The van der Waals surface area contributed by atoms with Crippen molar-refractivity contribution in [2.24, 2.45) is 0 Å². The lowest BCUT2D eigenvalue weighted by atomic mass is 10.1. The highest BCUT2D eigenvalue weighted by Crippen LogP contribution is 2.26. The minimum atomic E-state index is 0.285. The molecule has 0 fully saturated rings. The van der Waals surface area contributed by atoms with Crippen LogP contribution in [-0.4, -0.2) is 11.7 Å². The molecule has 0 amide bonds. The minimum absolute atomic E-state index is 0.285. The van der Waals surface area contributed by atoms with Crippen LogP contribution in [-0.2, 0) is 0 Å². The van der Waals surface area contributed by atoms with Crippen molar-refractivity contribution in [2.45, 2.75) is 19.9 Å². The molecule has 1 rings (SSSR count). The summed E-state index contributed by atoms with van der Waals surface area (Å²) in [5.41, 5.74) is 1.17. The van der Waals surface area contributed by atoms with Crippen LogP contribution in [0, 0.1) is 0 Å². The second-order valence-electron chi connectivity index (χ2n) is 2.99. The van der Waals surface area contributed by atoms with Crippen molar-refractivity contribution < 1.29 is 5.11 Å². The monoisotopic (exact) mass is 243 g/mol. The molecule has 2 nitrogen and oxygen atoms in total. The zero-order chi connectivity index (χ0) is 9.84. The fraction of sp³-hybridized carbons (Fsp3) is 0.400. The summed E-state index contributed by atoms with van der Waals surface area (Å²) >= 11 is 3.29. The second-order valence-corrected chi connectivity index (χ2v) is 3.84. The van der Waals surface area contributed by atoms with Crippen molar-refractivity contribution in [3.8, 4) is 5.75 Å². The first-order chi connectivity index (χ1) is 6.15. The van der Waals surface area contributed by atoms with Crippen LogP contribution in [0.1, 0.15) is 25.5 Å². The third-order valence-corrected chi connectivity index (χ3v) is 2.62. The van der Waals surface area contributed by atoms with E-state index in [-0.39, 0.29) is 5.75 Å². The van der Waals surface area contributed by atoms with Crippen molar-refractivity contribution in [3.63, 3.8) is 0 Å². The van der Waals surface area contributed by atoms with Gasteiger partial charge in [0.25, 0.3) is 0 Å². The number of rotatable bonds is 3. The molecule has 0 radical (unpaired) electrons. The maximum absolute atomic E-state index is 9.29. The Hall–Kier alpha value is -0.540. The second kappa shape index (κ2) is 4.63. The molecule has 0 spiro atoms. The number of phenolic OH excluding ortho intramolecular Hbond substituents is 1. The quantitative estimate of drug-likeness (QED) is 0.856. The Morgan fingerprint density at radius 3 is 2.77 bits per heavy atom. The molecule has 0 saturated carbocycles. The molecule has 1 aromatic rings. The van der Waals surface area contributed by atoms with Crippen LogP contribution in [0.5, 0.6) is 5.75 Å². The normalized spacial score (nSPS) is 12.8. The van der Waals surface area contributed by atoms with Gasteiger partial charge in [0, 0.05) is 6.04 Å². The molecule has 3 heteroatoms. The lowest BCUT2D eigenvalue weighted by Gasteiger charge is -2.13. The average molecular weight is 244 g/mol. The Morgan fingerprint density at radius 1 is 1.54 bits per heavy atom. The maximum atomic E-state index is 9.29. The van der Waals surface area contributed by atoms with Crippen LogP contribution in [0.2, 0.25) is 0 Å². The van der Waals surface area contributed by atoms with E-state index >= 15 is 0 Å². The average Bonchev–Trinajstić information content (AvgIpc) is 2.10. The third-order valence-electron chi connectivity index (χ3n) is 1.98. The van der Waals surface area contributed by atoms with Gasteiger partial charge in [0.2, 0.25) is 0 Å². The summed E-state index contributed by atoms with van der Waals surface area (Å²) in [6, 6.07) is 5.88. The molecule has 0 aromatic heterocycles. The van der Waals surface area contributed by atoms with Gasteiger partial charge in [-0.25, -0.2) is 0 Å². The predicted octanol–water partition coefficient (Wildman–Crippen LogP) is 2.83. The van der Waals surface area contributed by atoms with E-state index in [1.54, 1.807) is 6.07 Å². The van der Waals surface area contributed by atoms with Crippen molar-refractivity contribution in [3.05, 3.63) is 28.2 Å². The largest absolute Gasteiger partial charge is 0.507 e. The van der Waals surface area contributed by atoms with Crippen LogP contribution < -0.4 is 5.32 Å². The minimum Gasteiger partial charge on any atom is -0.507 e. The number of hydrogen-bond acceptors (Lipinski definition) is 2. The summed E-state index contributed by atoms with van der Waals surface area (Å²) in [5, 5.41) is 12.6. The molecule has 0 bridgehead atoms. The van der Waals surface area contributed by atoms with Gasteiger partial charge in [-0.05, 0) is 47.1 Å². The van der Waals surface area contributed by atoms with Crippen LogP contribution in [0.15, 0.2) is 22.7 Å². The summed E-state index contributed by atoms with van der Waals surface area (Å²) in [7, 11) is 0. The van der Waals surface area contributed by atoms with Gasteiger partial charge < -0.3 is 10.4 Å². The van der Waals surface area contributed by atoms with Gasteiger partial charge >= 0.3 is 0 Å². The van der Waals surface area contributed by atoms with E-state index in [4.69, 9.17) is 0 Å². The van der Waals surface area contributed by atoms with Gasteiger partial charge in [-0.3, -0.25) is 0 Å². The molecule has 13 heavy (non-hydrogen) atoms. The first-order valence-corrected chi connectivity index (χ1v) is 5.16. The molecule has 1 aromatic carbocycles. The van der Waals surface area contributed by atoms with E-state index in [1.165, 1.54) is 5.56 Å². The molecule has 2 N–H and O–H groups in total. The van der Waals surface area contributed by atoms with Crippen LogP contribution in [0.4, 0.5) is 0 Å². The smallest absolute Gasteiger partial charge is 0.129 e. The van der Waals surface area contributed by atoms with Gasteiger partial charge in [-0.2, -0.15) is 0 Å². The SMILES string of the molecule is CCNC(C)c1ccc(O)c(Br)c1. The molecular weight excluding hydrogens is 230 g/mol. The summed E-state index contributed by atoms with van der Waals surface area (Å²) in [4.78, 5) is 0. The Bertz CT molecular complexity index is 288. The van der Waals surface area contributed by atoms with E-state index in [0.717, 1.165) is 11.0 Å². The fourth-order valence-electron chi connectivity index (χ4n) is 1.22. The lowest BCUT2D eigenvalue weighted by Crippen LogP contribution is -2.17. The topological polar surface area (TPSA) is 32.3 Å². The summed E-state index contributed by atoms with van der Waals surface area (Å²) in [6.07, 6.45) is 0. The highest BCUT2D eigenvalue weighted by atomic mass is 79.9. The highest BCUT2D eigenvalue weighted by molar-refractivity contribution is 9.10. The molecule has 1 atom stereocenters. The zero-order valence-corrected chi connectivity index (χ0v) is 9.43. The number of hydrogen-bond donors (Lipinski definition) is 2. The number of halogens is 1. The van der Waals surface area contributed by atoms with Gasteiger partial charge in [0.15, 0.2) is 0 Å². The van der Waals surface area contributed by atoms with Gasteiger partial charge in [-0.15, -0.1) is 0 Å². The first-order valence-electron chi connectivity index (χ1n) is 4.37. The summed E-state index contributed by atoms with van der Waals surface area (Å²) in [6.45, 7) is 5.12. The molecule has 0 aliphatic carbocycles. The standard InChI is InChI=1S/C10H14BrNO/c1-3-12-7(2)8-4-5-10(13)9(11)6-8/h4-7,12-13H,3H2,1-2H3. The van der Waals surface area contributed by atoms with Gasteiger partial charge in [0.1, 0.15) is 5.75 Å². The molecule has 72 valence electrons. The molecule has 0 aliphatic heterocycles. The van der Waals surface area contributed by atoms with Gasteiger partial charge in [0.05, 0.1) is 4.47 Å². The van der Waals surface area contributed by atoms with E-state index in [2.05, 4.69) is 35.1 Å². The van der Waals surface area contributed by atoms with Crippen LogP contribution in [0.25, 0.3) is 0 Å². The summed E-state index contributed by atoms with van der Waals surface area (Å²) < 4.78 is 0.745. The van der Waals surface area contributed by atoms with E-state index in [1.807, 2.05) is 12.1 Å².